The van der Waals surface area contributed by atoms with Gasteiger partial charge >= 0.3 is 0 Å². The van der Waals surface area contributed by atoms with E-state index in [1.165, 1.54) is 18.2 Å². The van der Waals surface area contributed by atoms with Gasteiger partial charge in [-0.05, 0) is 18.2 Å². The van der Waals surface area contributed by atoms with Gasteiger partial charge in [0.05, 0.1) is 15.1 Å². The summed E-state index contributed by atoms with van der Waals surface area (Å²) in [6.07, 6.45) is 4.73. The molecule has 0 radical (unpaired) electrons. The van der Waals surface area contributed by atoms with Gasteiger partial charge in [-0.2, -0.15) is 0 Å². The SMILES string of the molecule is OC1(Cl)C(Cl)=CC=CC1Cl.Oc1c(Cl)cc(Cl)cc1Cl. The molecule has 2 atom stereocenters. The van der Waals surface area contributed by atoms with E-state index in [9.17, 15) is 5.11 Å². The zero-order valence-electron chi connectivity index (χ0n) is 9.63. The van der Waals surface area contributed by atoms with E-state index in [0.29, 0.717) is 5.02 Å². The van der Waals surface area contributed by atoms with Crippen LogP contribution in [-0.2, 0) is 0 Å². The maximum Gasteiger partial charge on any atom is 0.195 e. The van der Waals surface area contributed by atoms with Crippen molar-refractivity contribution in [3.8, 4) is 5.75 Å². The third-order valence-electron chi connectivity index (χ3n) is 2.20. The Morgan fingerprint density at radius 2 is 1.55 bits per heavy atom. The van der Waals surface area contributed by atoms with Crippen molar-refractivity contribution in [2.24, 2.45) is 0 Å². The van der Waals surface area contributed by atoms with Crippen LogP contribution >= 0.6 is 69.6 Å². The molecule has 110 valence electrons. The van der Waals surface area contributed by atoms with Gasteiger partial charge in [-0.1, -0.05) is 70.2 Å². The molecule has 2 rings (SSSR count). The quantitative estimate of drug-likeness (QED) is 0.563. The van der Waals surface area contributed by atoms with Gasteiger partial charge in [-0.25, -0.2) is 0 Å². The standard InChI is InChI=1S/C6H3Cl3O.C6H5Cl3O/c7-3-1-4(8)6(10)5(9)2-3;7-4-2-1-3-5(8)6(4,9)10/h1-2,10H;1-4,10H. The van der Waals surface area contributed by atoms with Crippen LogP contribution in [-0.4, -0.2) is 20.7 Å². The molecule has 1 aliphatic rings. The third-order valence-corrected chi connectivity index (χ3v) is 4.52. The monoisotopic (exact) mass is 394 g/mol. The summed E-state index contributed by atoms with van der Waals surface area (Å²) in [6.45, 7) is 0. The molecule has 1 aromatic carbocycles. The van der Waals surface area contributed by atoms with Crippen LogP contribution in [0.25, 0.3) is 0 Å². The molecule has 0 bridgehead atoms. The number of aromatic hydroxyl groups is 1. The van der Waals surface area contributed by atoms with Crippen molar-refractivity contribution in [2.45, 2.75) is 10.4 Å². The highest BCUT2D eigenvalue weighted by molar-refractivity contribution is 6.42. The lowest BCUT2D eigenvalue weighted by atomic mass is 10.1. The Morgan fingerprint density at radius 1 is 1.05 bits per heavy atom. The Balaban J connectivity index is 0.000000200. The van der Waals surface area contributed by atoms with Crippen molar-refractivity contribution in [3.05, 3.63) is 50.5 Å². The van der Waals surface area contributed by atoms with E-state index < -0.39 is 10.4 Å². The first-order chi connectivity index (χ1) is 9.16. The fourth-order valence-electron chi connectivity index (χ4n) is 1.15. The highest BCUT2D eigenvalue weighted by Crippen LogP contribution is 2.35. The summed E-state index contributed by atoms with van der Waals surface area (Å²) in [4.78, 5) is 0. The molecule has 2 unspecified atom stereocenters. The van der Waals surface area contributed by atoms with E-state index >= 15 is 0 Å². The molecule has 1 aromatic rings. The van der Waals surface area contributed by atoms with Crippen LogP contribution in [0.2, 0.25) is 15.1 Å². The Hall–Kier alpha value is 0.200. The largest absolute Gasteiger partial charge is 0.505 e. The lowest BCUT2D eigenvalue weighted by Gasteiger charge is -2.25. The second-order valence-corrected chi connectivity index (χ2v) is 6.40. The first-order valence-corrected chi connectivity index (χ1v) is 7.42. The van der Waals surface area contributed by atoms with Crippen molar-refractivity contribution in [2.75, 3.05) is 0 Å². The number of hydrogen-bond acceptors (Lipinski definition) is 2. The van der Waals surface area contributed by atoms with Crippen LogP contribution in [0.3, 0.4) is 0 Å². The first kappa shape index (κ1) is 18.2. The molecule has 0 amide bonds. The van der Waals surface area contributed by atoms with Gasteiger partial charge in [-0.15, -0.1) is 11.6 Å². The lowest BCUT2D eigenvalue weighted by molar-refractivity contribution is 0.180. The van der Waals surface area contributed by atoms with Gasteiger partial charge in [0.2, 0.25) is 0 Å². The number of hydrogen-bond donors (Lipinski definition) is 2. The number of allylic oxidation sites excluding steroid dienone is 2. The molecule has 0 fully saturated rings. The van der Waals surface area contributed by atoms with Crippen LogP contribution in [0, 0.1) is 0 Å². The van der Waals surface area contributed by atoms with Gasteiger partial charge in [0.1, 0.15) is 5.38 Å². The number of benzene rings is 1. The van der Waals surface area contributed by atoms with E-state index in [-0.39, 0.29) is 20.8 Å². The molecule has 0 heterocycles. The normalized spacial score (nSPS) is 24.8. The Morgan fingerprint density at radius 3 is 1.95 bits per heavy atom. The van der Waals surface area contributed by atoms with Crippen LogP contribution < -0.4 is 0 Å². The molecule has 8 heteroatoms. The number of aliphatic hydroxyl groups is 1. The fraction of sp³-hybridized carbons (Fsp3) is 0.167. The highest BCUT2D eigenvalue weighted by Gasteiger charge is 2.36. The van der Waals surface area contributed by atoms with Crippen LogP contribution in [0.4, 0.5) is 0 Å². The van der Waals surface area contributed by atoms with E-state index in [0.717, 1.165) is 0 Å². The molecule has 0 saturated carbocycles. The molecule has 1 aliphatic carbocycles. The second kappa shape index (κ2) is 7.46. The zero-order chi connectivity index (χ0) is 15.5. The summed E-state index contributed by atoms with van der Waals surface area (Å²) in [6, 6.07) is 2.84. The van der Waals surface area contributed by atoms with Crippen molar-refractivity contribution in [1.29, 1.82) is 0 Å². The molecule has 0 saturated heterocycles. The molecule has 0 spiro atoms. The third kappa shape index (κ3) is 4.60. The lowest BCUT2D eigenvalue weighted by Crippen LogP contribution is -2.33. The molecule has 20 heavy (non-hydrogen) atoms. The van der Waals surface area contributed by atoms with Crippen molar-refractivity contribution < 1.29 is 10.2 Å². The Bertz CT molecular complexity index is 530. The number of rotatable bonds is 0. The number of phenolic OH excluding ortho intramolecular Hbond substituents is 1. The van der Waals surface area contributed by atoms with Gasteiger partial charge in [0.25, 0.3) is 0 Å². The Labute approximate surface area is 146 Å². The smallest absolute Gasteiger partial charge is 0.195 e. The topological polar surface area (TPSA) is 40.5 Å². The van der Waals surface area contributed by atoms with Crippen LogP contribution in [0.5, 0.6) is 5.75 Å². The zero-order valence-corrected chi connectivity index (χ0v) is 14.2. The molecule has 0 aliphatic heterocycles. The van der Waals surface area contributed by atoms with Gasteiger partial charge < -0.3 is 10.2 Å². The van der Waals surface area contributed by atoms with E-state index in [1.54, 1.807) is 12.2 Å². The summed E-state index contributed by atoms with van der Waals surface area (Å²) in [5.74, 6) is -0.132. The minimum Gasteiger partial charge on any atom is -0.505 e. The van der Waals surface area contributed by atoms with E-state index in [4.69, 9.17) is 74.7 Å². The minimum absolute atomic E-state index is 0.132. The maximum atomic E-state index is 9.29. The molecule has 0 aromatic heterocycles. The van der Waals surface area contributed by atoms with Gasteiger partial charge in [0.15, 0.2) is 10.8 Å². The Kier molecular flexibility index (Phi) is 6.81. The number of phenols is 1. The van der Waals surface area contributed by atoms with Gasteiger partial charge in [0, 0.05) is 5.02 Å². The average Bonchev–Trinajstić information content (AvgIpc) is 2.34. The van der Waals surface area contributed by atoms with Gasteiger partial charge in [-0.3, -0.25) is 0 Å². The van der Waals surface area contributed by atoms with Crippen LogP contribution in [0.15, 0.2) is 35.4 Å². The average molecular weight is 397 g/mol. The predicted octanol–water partition coefficient (Wildman–Crippen LogP) is 5.57. The predicted molar refractivity (Wildman–Crippen MR) is 86.7 cm³/mol. The molecular formula is C12H8Cl6O2. The van der Waals surface area contributed by atoms with E-state index in [2.05, 4.69) is 0 Å². The second-order valence-electron chi connectivity index (χ2n) is 3.69. The summed E-state index contributed by atoms with van der Waals surface area (Å²) in [7, 11) is 0. The molecule has 2 nitrogen and oxygen atoms in total. The summed E-state index contributed by atoms with van der Waals surface area (Å²) in [5.41, 5.74) is 0. The summed E-state index contributed by atoms with van der Waals surface area (Å²) < 4.78 is 0. The van der Waals surface area contributed by atoms with E-state index in [1.807, 2.05) is 0 Å². The maximum absolute atomic E-state index is 9.29. The fourth-order valence-corrected chi connectivity index (χ4v) is 2.55. The number of alkyl halides is 2. The number of halogens is 6. The molecular weight excluding hydrogens is 389 g/mol. The van der Waals surface area contributed by atoms with Crippen molar-refractivity contribution in [1.82, 2.24) is 0 Å². The van der Waals surface area contributed by atoms with Crippen molar-refractivity contribution in [3.63, 3.8) is 0 Å². The molecule has 2 N–H and O–H groups in total. The first-order valence-electron chi connectivity index (χ1n) is 5.09. The summed E-state index contributed by atoms with van der Waals surface area (Å²) >= 11 is 33.2. The highest BCUT2D eigenvalue weighted by atomic mass is 35.5. The summed E-state index contributed by atoms with van der Waals surface area (Å²) in [5, 5.41) is 16.9. The van der Waals surface area contributed by atoms with Crippen LogP contribution in [0.1, 0.15) is 0 Å². The van der Waals surface area contributed by atoms with Crippen molar-refractivity contribution >= 4 is 69.6 Å². The minimum atomic E-state index is -1.63.